The van der Waals surface area contributed by atoms with Crippen LogP contribution in [0.25, 0.3) is 0 Å². The molecule has 0 saturated heterocycles. The van der Waals surface area contributed by atoms with Crippen LogP contribution < -0.4 is 15.6 Å². The van der Waals surface area contributed by atoms with Crippen molar-refractivity contribution in [1.29, 1.82) is 0 Å². The second-order valence-corrected chi connectivity index (χ2v) is 7.71. The van der Waals surface area contributed by atoms with Gasteiger partial charge in [-0.1, -0.05) is 88.4 Å². The van der Waals surface area contributed by atoms with Crippen LogP contribution in [0.3, 0.4) is 0 Å². The maximum atomic E-state index is 9.50. The van der Waals surface area contributed by atoms with Crippen LogP contribution in [0, 0.1) is 0 Å². The molecule has 0 unspecified atom stereocenters. The van der Waals surface area contributed by atoms with E-state index in [9.17, 15) is 5.11 Å². The van der Waals surface area contributed by atoms with E-state index < -0.39 is 8.80 Å². The van der Waals surface area contributed by atoms with Gasteiger partial charge < -0.3 is 5.11 Å². The molecule has 0 aromatic heterocycles. The van der Waals surface area contributed by atoms with E-state index >= 15 is 0 Å². The Kier molecular flexibility index (Phi) is 3.66. The molecule has 0 saturated carbocycles. The highest BCUT2D eigenvalue weighted by Gasteiger charge is 2.18. The Hall–Kier alpha value is -2.32. The van der Waals surface area contributed by atoms with Gasteiger partial charge in [0.05, 0.1) is 0 Å². The molecule has 0 amide bonds. The second-order valence-electron chi connectivity index (χ2n) is 4.85. The summed E-state index contributed by atoms with van der Waals surface area (Å²) < 4.78 is 0. The van der Waals surface area contributed by atoms with Gasteiger partial charge in [0.2, 0.25) is 0 Å². The minimum Gasteiger partial charge on any atom is -0.508 e. The van der Waals surface area contributed by atoms with Crippen molar-refractivity contribution >= 4 is 24.4 Å². The summed E-state index contributed by atoms with van der Waals surface area (Å²) in [5.74, 6) is 0.322. The molecule has 0 spiro atoms. The summed E-state index contributed by atoms with van der Waals surface area (Å²) in [5, 5.41) is 13.6. The van der Waals surface area contributed by atoms with E-state index in [-0.39, 0.29) is 0 Å². The summed E-state index contributed by atoms with van der Waals surface area (Å²) in [6.07, 6.45) is 0. The molecule has 0 aliphatic heterocycles. The molecule has 0 fully saturated rings. The topological polar surface area (TPSA) is 20.2 Å². The first-order valence-corrected chi connectivity index (χ1v) is 8.46. The van der Waals surface area contributed by atoms with Gasteiger partial charge in [-0.25, -0.2) is 0 Å². The van der Waals surface area contributed by atoms with E-state index in [0.29, 0.717) is 5.75 Å². The molecule has 1 nitrogen and oxygen atoms in total. The zero-order chi connectivity index (χ0) is 13.8. The van der Waals surface area contributed by atoms with E-state index in [1.54, 1.807) is 12.1 Å². The molecule has 20 heavy (non-hydrogen) atoms. The lowest BCUT2D eigenvalue weighted by Crippen LogP contribution is -2.51. The molecule has 98 valence electrons. The second kappa shape index (κ2) is 5.76. The fourth-order valence-electron chi connectivity index (χ4n) is 2.54. The molecule has 0 aliphatic rings. The Morgan fingerprint density at radius 1 is 0.500 bits per heavy atom. The summed E-state index contributed by atoms with van der Waals surface area (Å²) in [4.78, 5) is 0. The van der Waals surface area contributed by atoms with Gasteiger partial charge in [0.1, 0.15) is 14.5 Å². The van der Waals surface area contributed by atoms with Crippen molar-refractivity contribution in [2.24, 2.45) is 0 Å². The van der Waals surface area contributed by atoms with Crippen LogP contribution in [0.1, 0.15) is 0 Å². The Morgan fingerprint density at radius 3 is 1.35 bits per heavy atom. The van der Waals surface area contributed by atoms with E-state index in [1.807, 2.05) is 12.1 Å². The highest BCUT2D eigenvalue weighted by Crippen LogP contribution is 2.04. The number of aromatic hydroxyl groups is 1. The minimum absolute atomic E-state index is 0.322. The molecule has 3 aromatic carbocycles. The standard InChI is InChI=1S/C18H16OSi/c19-15-11-13-18(14-12-15)20(16-7-3-1-4-8-16)17-9-5-2-6-10-17/h1-14,19-20H. The molecular weight excluding hydrogens is 260 g/mol. The third-order valence-corrected chi connectivity index (χ3v) is 6.65. The Labute approximate surface area is 120 Å². The first kappa shape index (κ1) is 12.7. The van der Waals surface area contributed by atoms with Crippen molar-refractivity contribution in [3.8, 4) is 5.75 Å². The van der Waals surface area contributed by atoms with Crippen molar-refractivity contribution < 1.29 is 5.11 Å². The van der Waals surface area contributed by atoms with E-state index in [1.165, 1.54) is 15.6 Å². The van der Waals surface area contributed by atoms with Gasteiger partial charge in [0.15, 0.2) is 0 Å². The third-order valence-electron chi connectivity index (χ3n) is 3.49. The van der Waals surface area contributed by atoms with Crippen LogP contribution in [0.15, 0.2) is 84.9 Å². The summed E-state index contributed by atoms with van der Waals surface area (Å²) in [7, 11) is -1.44. The fraction of sp³-hybridized carbons (Fsp3) is 0. The normalized spacial score (nSPS) is 10.7. The van der Waals surface area contributed by atoms with Crippen molar-refractivity contribution in [3.05, 3.63) is 84.9 Å². The van der Waals surface area contributed by atoms with E-state index in [0.717, 1.165) is 0 Å². The van der Waals surface area contributed by atoms with Crippen LogP contribution in [0.2, 0.25) is 0 Å². The molecule has 3 rings (SSSR count). The van der Waals surface area contributed by atoms with Gasteiger partial charge in [-0.15, -0.1) is 0 Å². The molecule has 0 heterocycles. The van der Waals surface area contributed by atoms with E-state index in [4.69, 9.17) is 0 Å². The largest absolute Gasteiger partial charge is 0.508 e. The predicted octanol–water partition coefficient (Wildman–Crippen LogP) is 1.64. The molecule has 0 bridgehead atoms. The average molecular weight is 276 g/mol. The number of hydrogen-bond donors (Lipinski definition) is 1. The zero-order valence-electron chi connectivity index (χ0n) is 11.1. The van der Waals surface area contributed by atoms with Gasteiger partial charge in [-0.05, 0) is 12.1 Å². The molecule has 1 N–H and O–H groups in total. The highest BCUT2D eigenvalue weighted by molar-refractivity contribution is 6.95. The van der Waals surface area contributed by atoms with Crippen molar-refractivity contribution in [2.45, 2.75) is 0 Å². The molecule has 2 heteroatoms. The predicted molar refractivity (Wildman–Crippen MR) is 87.0 cm³/mol. The van der Waals surface area contributed by atoms with Gasteiger partial charge in [-0.3, -0.25) is 0 Å². The van der Waals surface area contributed by atoms with Gasteiger partial charge in [-0.2, -0.15) is 0 Å². The Morgan fingerprint density at radius 2 is 0.900 bits per heavy atom. The first-order chi connectivity index (χ1) is 9.84. The maximum Gasteiger partial charge on any atom is 0.132 e. The minimum atomic E-state index is -1.44. The first-order valence-electron chi connectivity index (χ1n) is 6.73. The average Bonchev–Trinajstić information content (AvgIpc) is 2.52. The number of rotatable bonds is 3. The van der Waals surface area contributed by atoms with Crippen molar-refractivity contribution in [3.63, 3.8) is 0 Å². The number of hydrogen-bond acceptors (Lipinski definition) is 1. The summed E-state index contributed by atoms with van der Waals surface area (Å²) in [6.45, 7) is 0. The third kappa shape index (κ3) is 2.65. The van der Waals surface area contributed by atoms with E-state index in [2.05, 4.69) is 60.7 Å². The molecule has 0 radical (unpaired) electrons. The highest BCUT2D eigenvalue weighted by atomic mass is 28.3. The lowest BCUT2D eigenvalue weighted by molar-refractivity contribution is 0.475. The lowest BCUT2D eigenvalue weighted by atomic mass is 10.3. The number of benzene rings is 3. The Bertz CT molecular complexity index is 623. The fourth-order valence-corrected chi connectivity index (χ4v) is 5.48. The van der Waals surface area contributed by atoms with Gasteiger partial charge in [0.25, 0.3) is 0 Å². The summed E-state index contributed by atoms with van der Waals surface area (Å²) >= 11 is 0. The molecular formula is C18H16OSi. The zero-order valence-corrected chi connectivity index (χ0v) is 12.3. The summed E-state index contributed by atoms with van der Waals surface area (Å²) in [6, 6.07) is 29.0. The number of phenols is 1. The monoisotopic (exact) mass is 276 g/mol. The quantitative estimate of drug-likeness (QED) is 0.569. The smallest absolute Gasteiger partial charge is 0.132 e. The van der Waals surface area contributed by atoms with Crippen LogP contribution in [-0.2, 0) is 0 Å². The molecule has 3 aromatic rings. The van der Waals surface area contributed by atoms with Gasteiger partial charge >= 0.3 is 0 Å². The van der Waals surface area contributed by atoms with Crippen LogP contribution >= 0.6 is 0 Å². The summed E-state index contributed by atoms with van der Waals surface area (Å²) in [5.41, 5.74) is 0. The Balaban J connectivity index is 2.11. The van der Waals surface area contributed by atoms with Crippen LogP contribution in [0.4, 0.5) is 0 Å². The maximum absolute atomic E-state index is 9.50. The molecule has 0 atom stereocenters. The van der Waals surface area contributed by atoms with Crippen LogP contribution in [-0.4, -0.2) is 13.9 Å². The number of phenolic OH excluding ortho intramolecular Hbond substituents is 1. The lowest BCUT2D eigenvalue weighted by Gasteiger charge is -2.17. The molecule has 0 aliphatic carbocycles. The van der Waals surface area contributed by atoms with Crippen molar-refractivity contribution in [2.75, 3.05) is 0 Å². The van der Waals surface area contributed by atoms with Crippen LogP contribution in [0.5, 0.6) is 5.75 Å². The van der Waals surface area contributed by atoms with Gasteiger partial charge in [0, 0.05) is 0 Å². The SMILES string of the molecule is Oc1ccc([SiH](c2ccccc2)c2ccccc2)cc1. The van der Waals surface area contributed by atoms with Crippen molar-refractivity contribution in [1.82, 2.24) is 0 Å².